The molecular weight excluding hydrogens is 286 g/mol. The fraction of sp³-hybridized carbons (Fsp3) is 0.125. The van der Waals surface area contributed by atoms with Crippen LogP contribution in [0.1, 0.15) is 38.1 Å². The van der Waals surface area contributed by atoms with E-state index in [1.54, 1.807) is 18.2 Å². The minimum atomic E-state index is -1.03. The lowest BCUT2D eigenvalue weighted by Gasteiger charge is -2.16. The molecule has 4 nitrogen and oxygen atoms in total. The van der Waals surface area contributed by atoms with Crippen molar-refractivity contribution >= 4 is 33.9 Å². The van der Waals surface area contributed by atoms with Crippen molar-refractivity contribution in [3.63, 3.8) is 0 Å². The fourth-order valence-corrected chi connectivity index (χ4v) is 3.53. The summed E-state index contributed by atoms with van der Waals surface area (Å²) in [7, 11) is 0. The number of hydrogen-bond donors (Lipinski definition) is 1. The van der Waals surface area contributed by atoms with Gasteiger partial charge in [0.2, 0.25) is 0 Å². The third-order valence-electron chi connectivity index (χ3n) is 3.49. The van der Waals surface area contributed by atoms with Crippen LogP contribution >= 0.6 is 11.3 Å². The van der Waals surface area contributed by atoms with Crippen molar-refractivity contribution in [2.45, 2.75) is 13.3 Å². The monoisotopic (exact) mass is 299 g/mol. The van der Waals surface area contributed by atoms with E-state index in [1.165, 1.54) is 16.2 Å². The molecule has 0 unspecified atom stereocenters. The third-order valence-corrected chi connectivity index (χ3v) is 4.75. The minimum absolute atomic E-state index is 0.152. The first-order valence-corrected chi connectivity index (χ1v) is 7.35. The highest BCUT2D eigenvalue weighted by Gasteiger charge is 2.35. The van der Waals surface area contributed by atoms with E-state index in [-0.39, 0.29) is 11.5 Å². The largest absolute Gasteiger partial charge is 0.478 e. The number of carbonyl (C=O) groups is 2. The van der Waals surface area contributed by atoms with Crippen molar-refractivity contribution in [3.05, 3.63) is 58.5 Å². The summed E-state index contributed by atoms with van der Waals surface area (Å²) in [5, 5.41) is 9.80. The van der Waals surface area contributed by atoms with Crippen molar-refractivity contribution in [2.75, 3.05) is 4.90 Å². The molecule has 0 saturated heterocycles. The number of carbonyl (C=O) groups excluding carboxylic acids is 1. The van der Waals surface area contributed by atoms with Gasteiger partial charge in [-0.3, -0.25) is 9.69 Å². The average Bonchev–Trinajstić information content (AvgIpc) is 3.00. The van der Waals surface area contributed by atoms with Crippen LogP contribution < -0.4 is 4.90 Å². The molecule has 1 aliphatic heterocycles. The van der Waals surface area contributed by atoms with E-state index in [1.807, 2.05) is 19.1 Å². The SMILES string of the molecule is C=C1c2ccccc2C(=O)N1c1sc(CC)cc1C(=O)O. The van der Waals surface area contributed by atoms with Gasteiger partial charge in [0.15, 0.2) is 0 Å². The zero-order valence-electron chi connectivity index (χ0n) is 11.4. The summed E-state index contributed by atoms with van der Waals surface area (Å²) in [6.45, 7) is 5.91. The number of aromatic carboxylic acids is 1. The van der Waals surface area contributed by atoms with E-state index in [9.17, 15) is 14.7 Å². The number of aryl methyl sites for hydroxylation is 1. The molecule has 1 aromatic carbocycles. The van der Waals surface area contributed by atoms with E-state index < -0.39 is 5.97 Å². The lowest BCUT2D eigenvalue weighted by molar-refractivity contribution is 0.0698. The van der Waals surface area contributed by atoms with E-state index in [0.29, 0.717) is 16.3 Å². The Hall–Kier alpha value is -2.40. The van der Waals surface area contributed by atoms with Gasteiger partial charge in [0.25, 0.3) is 5.91 Å². The van der Waals surface area contributed by atoms with Crippen molar-refractivity contribution in [1.82, 2.24) is 0 Å². The molecular formula is C16H13NO3S. The van der Waals surface area contributed by atoms with Gasteiger partial charge in [0.1, 0.15) is 5.00 Å². The molecule has 2 heterocycles. The molecule has 1 aliphatic rings. The Morgan fingerprint density at radius 3 is 2.57 bits per heavy atom. The zero-order valence-corrected chi connectivity index (χ0v) is 12.2. The predicted octanol–water partition coefficient (Wildman–Crippen LogP) is 3.64. The Kier molecular flexibility index (Phi) is 3.14. The molecule has 21 heavy (non-hydrogen) atoms. The molecule has 5 heteroatoms. The van der Waals surface area contributed by atoms with Crippen LogP contribution in [0.4, 0.5) is 5.00 Å². The van der Waals surface area contributed by atoms with Crippen LogP contribution in [0.25, 0.3) is 5.70 Å². The molecule has 0 spiro atoms. The number of amides is 1. The van der Waals surface area contributed by atoms with Gasteiger partial charge in [-0.15, -0.1) is 11.3 Å². The third kappa shape index (κ3) is 1.97. The van der Waals surface area contributed by atoms with Crippen LogP contribution in [0.3, 0.4) is 0 Å². The highest BCUT2D eigenvalue weighted by molar-refractivity contribution is 7.17. The smallest absolute Gasteiger partial charge is 0.338 e. The van der Waals surface area contributed by atoms with E-state index in [2.05, 4.69) is 6.58 Å². The summed E-state index contributed by atoms with van der Waals surface area (Å²) in [6, 6.07) is 8.82. The summed E-state index contributed by atoms with van der Waals surface area (Å²) in [4.78, 5) is 26.3. The number of benzene rings is 1. The summed E-state index contributed by atoms with van der Waals surface area (Å²) in [5.74, 6) is -1.25. The predicted molar refractivity (Wildman–Crippen MR) is 82.9 cm³/mol. The van der Waals surface area contributed by atoms with Crippen LogP contribution in [0.15, 0.2) is 36.9 Å². The average molecular weight is 299 g/mol. The van der Waals surface area contributed by atoms with E-state index in [4.69, 9.17) is 0 Å². The molecule has 1 N–H and O–H groups in total. The molecule has 1 amide bonds. The second-order valence-corrected chi connectivity index (χ2v) is 5.84. The van der Waals surface area contributed by atoms with Crippen LogP contribution in [-0.4, -0.2) is 17.0 Å². The molecule has 0 fully saturated rings. The maximum Gasteiger partial charge on any atom is 0.338 e. The number of rotatable bonds is 3. The van der Waals surface area contributed by atoms with Crippen molar-refractivity contribution in [1.29, 1.82) is 0 Å². The van der Waals surface area contributed by atoms with Crippen molar-refractivity contribution in [2.24, 2.45) is 0 Å². The van der Waals surface area contributed by atoms with Gasteiger partial charge in [-0.05, 0) is 18.6 Å². The van der Waals surface area contributed by atoms with Gasteiger partial charge in [-0.25, -0.2) is 4.79 Å². The fourth-order valence-electron chi connectivity index (χ4n) is 2.42. The zero-order chi connectivity index (χ0) is 15.1. The molecule has 2 aromatic rings. The number of anilines is 1. The first kappa shape index (κ1) is 13.6. The van der Waals surface area contributed by atoms with Crippen LogP contribution in [0, 0.1) is 0 Å². The number of nitrogens with zero attached hydrogens (tertiary/aromatic N) is 1. The lowest BCUT2D eigenvalue weighted by Crippen LogP contribution is -2.22. The van der Waals surface area contributed by atoms with Crippen LogP contribution in [-0.2, 0) is 6.42 Å². The molecule has 0 bridgehead atoms. The van der Waals surface area contributed by atoms with Gasteiger partial charge in [0.05, 0.1) is 11.3 Å². The molecule has 0 radical (unpaired) electrons. The lowest BCUT2D eigenvalue weighted by atomic mass is 10.1. The number of carboxylic acids is 1. The van der Waals surface area contributed by atoms with Crippen LogP contribution in [0.2, 0.25) is 0 Å². The van der Waals surface area contributed by atoms with Crippen LogP contribution in [0.5, 0.6) is 0 Å². The van der Waals surface area contributed by atoms with E-state index in [0.717, 1.165) is 16.9 Å². The normalized spacial score (nSPS) is 13.7. The van der Waals surface area contributed by atoms with Gasteiger partial charge >= 0.3 is 5.97 Å². The maximum absolute atomic E-state index is 12.6. The maximum atomic E-state index is 12.6. The number of thiophene rings is 1. The Bertz CT molecular complexity index is 741. The number of hydrogen-bond acceptors (Lipinski definition) is 3. The Morgan fingerprint density at radius 1 is 1.33 bits per heavy atom. The molecule has 0 aliphatic carbocycles. The minimum Gasteiger partial charge on any atom is -0.478 e. The summed E-state index contributed by atoms with van der Waals surface area (Å²) in [6.07, 6.45) is 0.729. The summed E-state index contributed by atoms with van der Waals surface area (Å²) in [5.41, 5.74) is 2.00. The summed E-state index contributed by atoms with van der Waals surface area (Å²) >= 11 is 1.33. The van der Waals surface area contributed by atoms with E-state index >= 15 is 0 Å². The summed E-state index contributed by atoms with van der Waals surface area (Å²) < 4.78 is 0. The standard InChI is InChI=1S/C16H13NO3S/c1-3-10-8-13(16(19)20)15(21-10)17-9(2)11-6-4-5-7-12(11)14(17)18/h4-8H,2-3H2,1H3,(H,19,20). The van der Waals surface area contributed by atoms with Crippen molar-refractivity contribution < 1.29 is 14.7 Å². The topological polar surface area (TPSA) is 57.6 Å². The molecule has 1 aromatic heterocycles. The second kappa shape index (κ2) is 4.86. The highest BCUT2D eigenvalue weighted by Crippen LogP contribution is 2.41. The second-order valence-electron chi connectivity index (χ2n) is 4.72. The quantitative estimate of drug-likeness (QED) is 0.941. The first-order valence-electron chi connectivity index (χ1n) is 6.53. The van der Waals surface area contributed by atoms with Gasteiger partial charge in [0, 0.05) is 16.0 Å². The Labute approximate surface area is 126 Å². The highest BCUT2D eigenvalue weighted by atomic mass is 32.1. The molecule has 0 saturated carbocycles. The first-order chi connectivity index (χ1) is 10.0. The Balaban J connectivity index is 2.15. The molecule has 106 valence electrons. The van der Waals surface area contributed by atoms with Crippen molar-refractivity contribution in [3.8, 4) is 0 Å². The molecule has 0 atom stereocenters. The van der Waals surface area contributed by atoms with Gasteiger partial charge in [-0.2, -0.15) is 0 Å². The molecule has 3 rings (SSSR count). The number of fused-ring (bicyclic) bond motifs is 1. The van der Waals surface area contributed by atoms with Gasteiger partial charge in [-0.1, -0.05) is 31.7 Å². The Morgan fingerprint density at radius 2 is 2.00 bits per heavy atom. The number of carboxylic acid groups (broad SMARTS) is 1. The van der Waals surface area contributed by atoms with Gasteiger partial charge < -0.3 is 5.11 Å².